The largest absolute Gasteiger partial charge is 0.379 e. The molecule has 0 bridgehead atoms. The fourth-order valence-electron chi connectivity index (χ4n) is 3.37. The summed E-state index contributed by atoms with van der Waals surface area (Å²) in [4.78, 5) is 16.6. The van der Waals surface area contributed by atoms with Gasteiger partial charge >= 0.3 is 0 Å². The summed E-state index contributed by atoms with van der Waals surface area (Å²) >= 11 is 0. The van der Waals surface area contributed by atoms with Gasteiger partial charge in [-0.05, 0) is 26.9 Å². The van der Waals surface area contributed by atoms with Gasteiger partial charge in [-0.2, -0.15) is 0 Å². The third kappa shape index (κ3) is 3.76. The van der Waals surface area contributed by atoms with Crippen LogP contribution in [0.5, 0.6) is 0 Å². The van der Waals surface area contributed by atoms with Crippen LogP contribution in [-0.4, -0.2) is 83.8 Å². The van der Waals surface area contributed by atoms with E-state index < -0.39 is 0 Å². The molecule has 0 N–H and O–H groups in total. The van der Waals surface area contributed by atoms with Crippen molar-refractivity contribution >= 4 is 5.91 Å². The number of likely N-dealkylation sites (N-methyl/N-ethyl adjacent to an activating group) is 1. The number of aromatic nitrogens is 3. The smallest absolute Gasteiger partial charge is 0.252 e. The Hall–Kier alpha value is -1.51. The maximum Gasteiger partial charge on any atom is 0.252 e. The number of ether oxygens (including phenoxy) is 2. The third-order valence-corrected chi connectivity index (χ3v) is 4.63. The SMILES string of the molecule is CN(C)CCOCC1CN(C(=O)[C@H]2CCCO2)Cc2nnn(C)c21. The highest BCUT2D eigenvalue weighted by atomic mass is 16.5. The second-order valence-electron chi connectivity index (χ2n) is 6.84. The molecule has 2 aliphatic heterocycles. The number of nitrogens with zero attached hydrogens (tertiary/aromatic N) is 5. The van der Waals surface area contributed by atoms with Crippen LogP contribution in [0, 0.1) is 0 Å². The molecular weight excluding hydrogens is 310 g/mol. The molecule has 8 nitrogen and oxygen atoms in total. The van der Waals surface area contributed by atoms with Crippen LogP contribution < -0.4 is 0 Å². The van der Waals surface area contributed by atoms with Gasteiger partial charge in [0.2, 0.25) is 0 Å². The second-order valence-corrected chi connectivity index (χ2v) is 6.84. The zero-order valence-corrected chi connectivity index (χ0v) is 14.8. The highest BCUT2D eigenvalue weighted by Gasteiger charge is 2.36. The number of fused-ring (bicyclic) bond motifs is 1. The number of carbonyl (C=O) groups excluding carboxylic acids is 1. The van der Waals surface area contributed by atoms with Gasteiger partial charge in [0, 0.05) is 32.7 Å². The number of carbonyl (C=O) groups is 1. The Morgan fingerprint density at radius 3 is 3.00 bits per heavy atom. The molecule has 2 aliphatic rings. The normalized spacial score (nSPS) is 23.8. The zero-order chi connectivity index (χ0) is 17.1. The number of hydrogen-bond acceptors (Lipinski definition) is 6. The Labute approximate surface area is 142 Å². The van der Waals surface area contributed by atoms with Gasteiger partial charge in [-0.25, -0.2) is 0 Å². The molecule has 0 spiro atoms. The number of rotatable bonds is 6. The predicted molar refractivity (Wildman–Crippen MR) is 87.5 cm³/mol. The average Bonchev–Trinajstić information content (AvgIpc) is 3.21. The van der Waals surface area contributed by atoms with Crippen LogP contribution in [0.25, 0.3) is 0 Å². The van der Waals surface area contributed by atoms with E-state index in [1.165, 1.54) is 0 Å². The summed E-state index contributed by atoms with van der Waals surface area (Å²) in [6.07, 6.45) is 1.48. The molecular formula is C16H27N5O3. The summed E-state index contributed by atoms with van der Waals surface area (Å²) in [7, 11) is 5.94. The summed E-state index contributed by atoms with van der Waals surface area (Å²) in [6, 6.07) is 0. The molecule has 0 aromatic carbocycles. The maximum atomic E-state index is 12.7. The Morgan fingerprint density at radius 2 is 2.29 bits per heavy atom. The summed E-state index contributed by atoms with van der Waals surface area (Å²) < 4.78 is 13.2. The first kappa shape index (κ1) is 17.3. The minimum Gasteiger partial charge on any atom is -0.379 e. The summed E-state index contributed by atoms with van der Waals surface area (Å²) in [5.74, 6) is 0.170. The molecule has 8 heteroatoms. The lowest BCUT2D eigenvalue weighted by atomic mass is 9.98. The van der Waals surface area contributed by atoms with Crippen LogP contribution >= 0.6 is 0 Å². The molecule has 3 heterocycles. The molecule has 2 atom stereocenters. The highest BCUT2D eigenvalue weighted by Crippen LogP contribution is 2.28. The van der Waals surface area contributed by atoms with Gasteiger partial charge < -0.3 is 19.3 Å². The molecule has 1 aromatic heterocycles. The van der Waals surface area contributed by atoms with Crippen LogP contribution in [0.2, 0.25) is 0 Å². The van der Waals surface area contributed by atoms with Crippen LogP contribution in [0.3, 0.4) is 0 Å². The molecule has 24 heavy (non-hydrogen) atoms. The average molecular weight is 337 g/mol. The van der Waals surface area contributed by atoms with Gasteiger partial charge in [-0.3, -0.25) is 9.48 Å². The Balaban J connectivity index is 1.67. The maximum absolute atomic E-state index is 12.7. The minimum atomic E-state index is -0.293. The van der Waals surface area contributed by atoms with Crippen LogP contribution in [0.1, 0.15) is 30.1 Å². The summed E-state index contributed by atoms with van der Waals surface area (Å²) in [6.45, 7) is 3.94. The third-order valence-electron chi connectivity index (χ3n) is 4.63. The fraction of sp³-hybridized carbons (Fsp3) is 0.812. The first-order valence-electron chi connectivity index (χ1n) is 8.57. The lowest BCUT2D eigenvalue weighted by Crippen LogP contribution is -2.44. The van der Waals surface area contributed by atoms with E-state index in [-0.39, 0.29) is 17.9 Å². The van der Waals surface area contributed by atoms with Crippen LogP contribution in [0.4, 0.5) is 0 Å². The molecule has 1 aromatic rings. The molecule has 3 rings (SSSR count). The summed E-state index contributed by atoms with van der Waals surface area (Å²) in [5.41, 5.74) is 1.95. The van der Waals surface area contributed by atoms with Crippen molar-refractivity contribution in [1.29, 1.82) is 0 Å². The van der Waals surface area contributed by atoms with E-state index in [1.807, 2.05) is 30.7 Å². The fourth-order valence-corrected chi connectivity index (χ4v) is 3.37. The van der Waals surface area contributed by atoms with Crippen molar-refractivity contribution in [3.05, 3.63) is 11.4 Å². The van der Waals surface area contributed by atoms with Gasteiger partial charge in [-0.1, -0.05) is 5.21 Å². The van der Waals surface area contributed by atoms with Crippen molar-refractivity contribution in [1.82, 2.24) is 24.8 Å². The molecule has 1 amide bonds. The Bertz CT molecular complexity index is 568. The van der Waals surface area contributed by atoms with Crippen molar-refractivity contribution in [2.45, 2.75) is 31.4 Å². The molecule has 1 saturated heterocycles. The Kier molecular flexibility index (Phi) is 5.47. The van der Waals surface area contributed by atoms with E-state index in [1.54, 1.807) is 0 Å². The van der Waals surface area contributed by atoms with Crippen molar-refractivity contribution in [2.75, 3.05) is 47.0 Å². The monoisotopic (exact) mass is 337 g/mol. The molecule has 1 fully saturated rings. The van der Waals surface area contributed by atoms with E-state index in [4.69, 9.17) is 9.47 Å². The van der Waals surface area contributed by atoms with Crippen molar-refractivity contribution in [3.63, 3.8) is 0 Å². The van der Waals surface area contributed by atoms with E-state index in [0.717, 1.165) is 30.8 Å². The topological polar surface area (TPSA) is 72.7 Å². The van der Waals surface area contributed by atoms with Gasteiger partial charge in [0.05, 0.1) is 25.5 Å². The Morgan fingerprint density at radius 1 is 1.46 bits per heavy atom. The zero-order valence-electron chi connectivity index (χ0n) is 14.8. The summed E-state index contributed by atoms with van der Waals surface area (Å²) in [5, 5.41) is 8.37. The van der Waals surface area contributed by atoms with E-state index in [9.17, 15) is 4.79 Å². The van der Waals surface area contributed by atoms with Crippen molar-refractivity contribution < 1.29 is 14.3 Å². The molecule has 0 saturated carbocycles. The predicted octanol–water partition coefficient (Wildman–Crippen LogP) is -0.00190. The quantitative estimate of drug-likeness (QED) is 0.680. The van der Waals surface area contributed by atoms with Gasteiger partial charge in [0.1, 0.15) is 11.8 Å². The first-order chi connectivity index (χ1) is 11.6. The van der Waals surface area contributed by atoms with Gasteiger partial charge in [0.15, 0.2) is 0 Å². The van der Waals surface area contributed by atoms with Gasteiger partial charge in [-0.15, -0.1) is 5.10 Å². The second kappa shape index (κ2) is 7.58. The van der Waals surface area contributed by atoms with E-state index in [0.29, 0.717) is 32.9 Å². The molecule has 0 aliphatic carbocycles. The lowest BCUT2D eigenvalue weighted by molar-refractivity contribution is -0.142. The van der Waals surface area contributed by atoms with Crippen LogP contribution in [0.15, 0.2) is 0 Å². The first-order valence-corrected chi connectivity index (χ1v) is 8.57. The van der Waals surface area contributed by atoms with Crippen molar-refractivity contribution in [2.24, 2.45) is 7.05 Å². The van der Waals surface area contributed by atoms with E-state index >= 15 is 0 Å². The van der Waals surface area contributed by atoms with E-state index in [2.05, 4.69) is 15.2 Å². The number of hydrogen-bond donors (Lipinski definition) is 0. The van der Waals surface area contributed by atoms with Gasteiger partial charge in [0.25, 0.3) is 5.91 Å². The minimum absolute atomic E-state index is 0.0714. The standard InChI is InChI=1S/C16H27N5O3/c1-19(2)6-8-23-11-12-9-21(16(22)14-5-4-7-24-14)10-13-15(12)20(3)18-17-13/h12,14H,4-11H2,1-3H3/t12?,14-/m1/s1. The highest BCUT2D eigenvalue weighted by molar-refractivity contribution is 5.81. The number of aryl methyl sites for hydroxylation is 1. The number of amides is 1. The molecule has 1 unspecified atom stereocenters. The van der Waals surface area contributed by atoms with Crippen LogP contribution in [-0.2, 0) is 27.9 Å². The molecule has 0 radical (unpaired) electrons. The lowest BCUT2D eigenvalue weighted by Gasteiger charge is -2.33. The molecule has 134 valence electrons. The van der Waals surface area contributed by atoms with Crippen molar-refractivity contribution in [3.8, 4) is 0 Å².